The van der Waals surface area contributed by atoms with Crippen molar-refractivity contribution in [1.82, 2.24) is 4.90 Å². The zero-order chi connectivity index (χ0) is 21.6. The molecule has 0 atom stereocenters. The second-order valence-electron chi connectivity index (χ2n) is 6.83. The van der Waals surface area contributed by atoms with Crippen LogP contribution in [-0.4, -0.2) is 30.2 Å². The topological polar surface area (TPSA) is 51.1 Å². The Bertz CT molecular complexity index is 1130. The molecule has 5 nitrogen and oxygen atoms in total. The van der Waals surface area contributed by atoms with E-state index in [9.17, 15) is 4.79 Å². The number of benzene rings is 3. The zero-order valence-electron chi connectivity index (χ0n) is 17.3. The number of hydrogen-bond acceptors (Lipinski definition) is 5. The highest BCUT2D eigenvalue weighted by Crippen LogP contribution is 2.36. The van der Waals surface area contributed by atoms with E-state index in [1.165, 1.54) is 11.8 Å². The van der Waals surface area contributed by atoms with Gasteiger partial charge in [0, 0.05) is 0 Å². The molecule has 4 rings (SSSR count). The smallest absolute Gasteiger partial charge is 0.267 e. The molecule has 1 heterocycles. The van der Waals surface area contributed by atoms with Gasteiger partial charge in [-0.2, -0.15) is 0 Å². The number of amidine groups is 1. The number of rotatable bonds is 6. The van der Waals surface area contributed by atoms with Gasteiger partial charge in [-0.1, -0.05) is 54.6 Å². The van der Waals surface area contributed by atoms with Crippen LogP contribution in [0.1, 0.15) is 11.1 Å². The Morgan fingerprint density at radius 2 is 1.58 bits per heavy atom. The molecule has 0 saturated carbocycles. The van der Waals surface area contributed by atoms with Gasteiger partial charge in [0.05, 0.1) is 31.4 Å². The highest BCUT2D eigenvalue weighted by Gasteiger charge is 2.33. The van der Waals surface area contributed by atoms with Crippen molar-refractivity contribution in [3.05, 3.63) is 94.9 Å². The minimum Gasteiger partial charge on any atom is -0.493 e. The number of carbonyl (C=O) groups is 1. The standard InChI is InChI=1S/C25H22N2O3S/c1-29-21-14-13-19(15-22(21)30-2)16-23-24(28)27(17-18-9-5-3-6-10-18)25(31-23)26-20-11-7-4-8-12-20/h3-16H,17H2,1-2H3/b23-16+,26-25?. The van der Waals surface area contributed by atoms with Gasteiger partial charge in [-0.25, -0.2) is 4.99 Å². The number of hydrogen-bond donors (Lipinski definition) is 0. The van der Waals surface area contributed by atoms with E-state index in [-0.39, 0.29) is 5.91 Å². The van der Waals surface area contributed by atoms with Crippen LogP contribution in [0.2, 0.25) is 0 Å². The Hall–Kier alpha value is -3.51. The first-order chi connectivity index (χ1) is 15.2. The molecule has 1 fully saturated rings. The van der Waals surface area contributed by atoms with Crippen molar-refractivity contribution in [1.29, 1.82) is 0 Å². The van der Waals surface area contributed by atoms with Crippen LogP contribution in [0.25, 0.3) is 6.08 Å². The molecule has 3 aromatic carbocycles. The lowest BCUT2D eigenvalue weighted by molar-refractivity contribution is -0.122. The Balaban J connectivity index is 1.69. The summed E-state index contributed by atoms with van der Waals surface area (Å²) >= 11 is 1.37. The van der Waals surface area contributed by atoms with Crippen LogP contribution < -0.4 is 9.47 Å². The van der Waals surface area contributed by atoms with E-state index >= 15 is 0 Å². The molecular weight excluding hydrogens is 408 g/mol. The lowest BCUT2D eigenvalue weighted by Crippen LogP contribution is -2.28. The molecule has 156 valence electrons. The number of ether oxygens (including phenoxy) is 2. The van der Waals surface area contributed by atoms with Crippen molar-refractivity contribution in [3.63, 3.8) is 0 Å². The average Bonchev–Trinajstić information content (AvgIpc) is 3.09. The van der Waals surface area contributed by atoms with Gasteiger partial charge in [0.15, 0.2) is 16.7 Å². The predicted octanol–water partition coefficient (Wildman–Crippen LogP) is 5.51. The van der Waals surface area contributed by atoms with Crippen LogP contribution in [0.4, 0.5) is 5.69 Å². The average molecular weight is 431 g/mol. The second-order valence-corrected chi connectivity index (χ2v) is 7.84. The largest absolute Gasteiger partial charge is 0.493 e. The first-order valence-corrected chi connectivity index (χ1v) is 10.6. The lowest BCUT2D eigenvalue weighted by atomic mass is 10.1. The third-order valence-corrected chi connectivity index (χ3v) is 5.76. The maximum Gasteiger partial charge on any atom is 0.267 e. The molecule has 1 aliphatic heterocycles. The van der Waals surface area contributed by atoms with Crippen molar-refractivity contribution in [2.75, 3.05) is 14.2 Å². The van der Waals surface area contributed by atoms with Gasteiger partial charge in [-0.05, 0) is 53.2 Å². The maximum atomic E-state index is 13.3. The van der Waals surface area contributed by atoms with Crippen molar-refractivity contribution in [2.45, 2.75) is 6.54 Å². The SMILES string of the molecule is COc1ccc(/C=C2/SC(=Nc3ccccc3)N(Cc3ccccc3)C2=O)cc1OC. The van der Waals surface area contributed by atoms with Crippen molar-refractivity contribution >= 4 is 34.6 Å². The Kier molecular flexibility index (Phi) is 6.38. The fourth-order valence-corrected chi connectivity index (χ4v) is 4.20. The predicted molar refractivity (Wildman–Crippen MR) is 126 cm³/mol. The summed E-state index contributed by atoms with van der Waals surface area (Å²) in [4.78, 5) is 20.4. The number of aliphatic imine (C=N–C) groups is 1. The van der Waals surface area contributed by atoms with E-state index in [2.05, 4.69) is 0 Å². The van der Waals surface area contributed by atoms with E-state index in [4.69, 9.17) is 14.5 Å². The first-order valence-electron chi connectivity index (χ1n) is 9.79. The first kappa shape index (κ1) is 20.8. The van der Waals surface area contributed by atoms with Crippen LogP contribution in [0, 0.1) is 0 Å². The molecule has 0 bridgehead atoms. The number of thioether (sulfide) groups is 1. The van der Waals surface area contributed by atoms with Gasteiger partial charge in [-0.3, -0.25) is 9.69 Å². The second kappa shape index (κ2) is 9.53. The Morgan fingerprint density at radius 1 is 0.903 bits per heavy atom. The highest BCUT2D eigenvalue weighted by atomic mass is 32.2. The summed E-state index contributed by atoms with van der Waals surface area (Å²) in [6, 6.07) is 25.2. The normalized spacial score (nSPS) is 16.2. The fourth-order valence-electron chi connectivity index (χ4n) is 3.20. The van der Waals surface area contributed by atoms with Crippen LogP contribution in [-0.2, 0) is 11.3 Å². The third-order valence-electron chi connectivity index (χ3n) is 4.76. The number of carbonyl (C=O) groups excluding carboxylic acids is 1. The molecule has 0 radical (unpaired) electrons. The zero-order valence-corrected chi connectivity index (χ0v) is 18.1. The lowest BCUT2D eigenvalue weighted by Gasteiger charge is -2.15. The summed E-state index contributed by atoms with van der Waals surface area (Å²) in [5.74, 6) is 1.19. The molecule has 0 unspecified atom stereocenters. The molecule has 0 aliphatic carbocycles. The van der Waals surface area contributed by atoms with Gasteiger partial charge >= 0.3 is 0 Å². The number of nitrogens with zero attached hydrogens (tertiary/aromatic N) is 2. The van der Waals surface area contributed by atoms with Crippen LogP contribution in [0.5, 0.6) is 11.5 Å². The quantitative estimate of drug-likeness (QED) is 0.484. The van der Waals surface area contributed by atoms with Crippen LogP contribution >= 0.6 is 11.8 Å². The van der Waals surface area contributed by atoms with E-state index in [0.717, 1.165) is 16.8 Å². The summed E-state index contributed by atoms with van der Waals surface area (Å²) < 4.78 is 10.7. The molecule has 6 heteroatoms. The minimum atomic E-state index is -0.0710. The van der Waals surface area contributed by atoms with Crippen molar-refractivity contribution in [2.24, 2.45) is 4.99 Å². The Morgan fingerprint density at radius 3 is 2.26 bits per heavy atom. The van der Waals surface area contributed by atoms with E-state index in [1.807, 2.05) is 84.9 Å². The molecule has 1 saturated heterocycles. The van der Waals surface area contributed by atoms with Crippen LogP contribution in [0.3, 0.4) is 0 Å². The molecule has 0 aromatic heterocycles. The van der Waals surface area contributed by atoms with Gasteiger partial charge < -0.3 is 9.47 Å². The van der Waals surface area contributed by atoms with Crippen LogP contribution in [0.15, 0.2) is 88.8 Å². The van der Waals surface area contributed by atoms with E-state index in [0.29, 0.717) is 28.1 Å². The summed E-state index contributed by atoms with van der Waals surface area (Å²) in [6.45, 7) is 0.460. The molecule has 1 aliphatic rings. The van der Waals surface area contributed by atoms with Gasteiger partial charge in [0.25, 0.3) is 5.91 Å². The molecular formula is C25H22N2O3S. The third kappa shape index (κ3) is 4.81. The number of para-hydroxylation sites is 1. The molecule has 1 amide bonds. The molecule has 3 aromatic rings. The van der Waals surface area contributed by atoms with Gasteiger partial charge in [0.2, 0.25) is 0 Å². The number of amides is 1. The van der Waals surface area contributed by atoms with Gasteiger partial charge in [-0.15, -0.1) is 0 Å². The number of methoxy groups -OCH3 is 2. The fraction of sp³-hybridized carbons (Fsp3) is 0.120. The van der Waals surface area contributed by atoms with E-state index < -0.39 is 0 Å². The monoisotopic (exact) mass is 430 g/mol. The van der Waals surface area contributed by atoms with Crippen molar-refractivity contribution < 1.29 is 14.3 Å². The highest BCUT2D eigenvalue weighted by molar-refractivity contribution is 8.18. The summed E-state index contributed by atoms with van der Waals surface area (Å²) in [5, 5.41) is 0.659. The summed E-state index contributed by atoms with van der Waals surface area (Å²) in [5.41, 5.74) is 2.71. The molecule has 31 heavy (non-hydrogen) atoms. The summed E-state index contributed by atoms with van der Waals surface area (Å²) in [6.07, 6.45) is 1.86. The van der Waals surface area contributed by atoms with Gasteiger partial charge in [0.1, 0.15) is 0 Å². The minimum absolute atomic E-state index is 0.0710. The van der Waals surface area contributed by atoms with E-state index in [1.54, 1.807) is 19.1 Å². The molecule has 0 spiro atoms. The maximum absolute atomic E-state index is 13.3. The Labute approximate surface area is 186 Å². The summed E-state index contributed by atoms with van der Waals surface area (Å²) in [7, 11) is 3.19. The molecule has 0 N–H and O–H groups in total. The van der Waals surface area contributed by atoms with Crippen molar-refractivity contribution in [3.8, 4) is 11.5 Å².